The van der Waals surface area contributed by atoms with Crippen molar-refractivity contribution < 1.29 is 14.2 Å². The van der Waals surface area contributed by atoms with Gasteiger partial charge in [0.05, 0.1) is 27.9 Å². The molecule has 0 rings (SSSR count). The molecular weight excluding hydrogens is 208 g/mol. The highest BCUT2D eigenvalue weighted by Gasteiger charge is 2.05. The lowest BCUT2D eigenvalue weighted by molar-refractivity contribution is -0.0643. The van der Waals surface area contributed by atoms with E-state index < -0.39 is 8.07 Å². The summed E-state index contributed by atoms with van der Waals surface area (Å²) in [7, 11) is 0.631. The van der Waals surface area contributed by atoms with Gasteiger partial charge in [-0.15, -0.1) is 0 Å². The van der Waals surface area contributed by atoms with Crippen LogP contribution in [-0.4, -0.2) is 41.8 Å². The van der Waals surface area contributed by atoms with E-state index in [0.29, 0.717) is 20.0 Å². The highest BCUT2D eigenvalue weighted by molar-refractivity contribution is 6.80. The SMILES string of the molecule is COCCOCOCC/C=C\[Si](C)(C)C. The summed E-state index contributed by atoms with van der Waals surface area (Å²) in [6.45, 7) is 9.27. The van der Waals surface area contributed by atoms with E-state index in [2.05, 4.69) is 31.4 Å². The summed E-state index contributed by atoms with van der Waals surface area (Å²) in [6.07, 6.45) is 3.18. The van der Waals surface area contributed by atoms with Gasteiger partial charge in [0, 0.05) is 7.11 Å². The molecule has 0 aliphatic rings. The maximum absolute atomic E-state index is 5.28. The van der Waals surface area contributed by atoms with Crippen molar-refractivity contribution in [3.8, 4) is 0 Å². The maximum Gasteiger partial charge on any atom is 0.146 e. The Bertz CT molecular complexity index is 164. The first-order chi connectivity index (χ1) is 7.06. The van der Waals surface area contributed by atoms with E-state index in [1.165, 1.54) is 0 Å². The number of hydrogen-bond donors (Lipinski definition) is 0. The standard InChI is InChI=1S/C11H24O3Si/c1-12-8-9-14-11-13-7-5-6-10-15(2,3)4/h6,10H,5,7-9,11H2,1-4H3/b10-6-. The fraction of sp³-hybridized carbons (Fsp3) is 0.818. The number of hydrogen-bond acceptors (Lipinski definition) is 3. The van der Waals surface area contributed by atoms with E-state index in [1.54, 1.807) is 7.11 Å². The second-order valence-electron chi connectivity index (χ2n) is 4.48. The molecule has 0 saturated heterocycles. The molecule has 0 heterocycles. The Kier molecular flexibility index (Phi) is 8.99. The first kappa shape index (κ1) is 14.8. The molecule has 0 aliphatic heterocycles. The minimum absolute atomic E-state index is 0.365. The Balaban J connectivity index is 3.15. The summed E-state index contributed by atoms with van der Waals surface area (Å²) in [5.41, 5.74) is 2.34. The van der Waals surface area contributed by atoms with Crippen LogP contribution in [0.2, 0.25) is 19.6 Å². The lowest BCUT2D eigenvalue weighted by Gasteiger charge is -2.08. The van der Waals surface area contributed by atoms with Crippen molar-refractivity contribution >= 4 is 8.07 Å². The summed E-state index contributed by atoms with van der Waals surface area (Å²) < 4.78 is 15.3. The molecule has 0 aromatic heterocycles. The lowest BCUT2D eigenvalue weighted by atomic mass is 10.5. The first-order valence-corrected chi connectivity index (χ1v) is 8.96. The third-order valence-corrected chi connectivity index (χ3v) is 2.88. The Morgan fingerprint density at radius 2 is 1.67 bits per heavy atom. The van der Waals surface area contributed by atoms with Crippen molar-refractivity contribution in [1.29, 1.82) is 0 Å². The van der Waals surface area contributed by atoms with E-state index >= 15 is 0 Å². The van der Waals surface area contributed by atoms with Crippen LogP contribution in [0.5, 0.6) is 0 Å². The quantitative estimate of drug-likeness (QED) is 0.347. The fourth-order valence-corrected chi connectivity index (χ4v) is 1.78. The molecule has 0 aromatic rings. The highest BCUT2D eigenvalue weighted by atomic mass is 28.3. The summed E-state index contributed by atoms with van der Waals surface area (Å²) in [6, 6.07) is 0. The zero-order chi connectivity index (χ0) is 11.6. The predicted molar refractivity (Wildman–Crippen MR) is 65.8 cm³/mol. The molecule has 0 spiro atoms. The van der Waals surface area contributed by atoms with Crippen LogP contribution in [0.4, 0.5) is 0 Å². The summed E-state index contributed by atoms with van der Waals surface area (Å²) in [5, 5.41) is 0. The molecule has 0 atom stereocenters. The predicted octanol–water partition coefficient (Wildman–Crippen LogP) is 2.45. The van der Waals surface area contributed by atoms with Crippen LogP contribution in [0.25, 0.3) is 0 Å². The van der Waals surface area contributed by atoms with Crippen LogP contribution in [0, 0.1) is 0 Å². The first-order valence-electron chi connectivity index (χ1n) is 5.38. The van der Waals surface area contributed by atoms with E-state index in [0.717, 1.165) is 13.0 Å². The molecule has 4 heteroatoms. The third-order valence-electron chi connectivity index (χ3n) is 1.65. The molecule has 3 nitrogen and oxygen atoms in total. The molecule has 90 valence electrons. The molecule has 0 radical (unpaired) electrons. The minimum Gasteiger partial charge on any atom is -0.382 e. The molecule has 0 aromatic carbocycles. The third kappa shape index (κ3) is 13.8. The number of rotatable bonds is 9. The average Bonchev–Trinajstić information content (AvgIpc) is 2.14. The van der Waals surface area contributed by atoms with Crippen molar-refractivity contribution in [3.63, 3.8) is 0 Å². The molecule has 0 saturated carbocycles. The van der Waals surface area contributed by atoms with Gasteiger partial charge in [-0.2, -0.15) is 0 Å². The largest absolute Gasteiger partial charge is 0.382 e. The van der Waals surface area contributed by atoms with Crippen LogP contribution in [0.1, 0.15) is 6.42 Å². The van der Waals surface area contributed by atoms with Gasteiger partial charge in [0.15, 0.2) is 0 Å². The van der Waals surface area contributed by atoms with Crippen LogP contribution in [0.3, 0.4) is 0 Å². The molecule has 0 aliphatic carbocycles. The van der Waals surface area contributed by atoms with Gasteiger partial charge in [-0.25, -0.2) is 0 Å². The average molecular weight is 232 g/mol. The summed E-state index contributed by atoms with van der Waals surface area (Å²) in [4.78, 5) is 0. The summed E-state index contributed by atoms with van der Waals surface area (Å²) >= 11 is 0. The molecule has 0 bridgehead atoms. The number of ether oxygens (including phenoxy) is 3. The Labute approximate surface area is 94.4 Å². The van der Waals surface area contributed by atoms with Crippen LogP contribution in [0.15, 0.2) is 11.8 Å². The molecule has 0 fully saturated rings. The molecule has 15 heavy (non-hydrogen) atoms. The zero-order valence-electron chi connectivity index (χ0n) is 10.4. The van der Waals surface area contributed by atoms with E-state index in [9.17, 15) is 0 Å². The second kappa shape index (κ2) is 9.09. The smallest absolute Gasteiger partial charge is 0.146 e. The van der Waals surface area contributed by atoms with Gasteiger partial charge >= 0.3 is 0 Å². The van der Waals surface area contributed by atoms with Gasteiger partial charge < -0.3 is 14.2 Å². The zero-order valence-corrected chi connectivity index (χ0v) is 11.4. The van der Waals surface area contributed by atoms with Crippen LogP contribution < -0.4 is 0 Å². The van der Waals surface area contributed by atoms with Crippen molar-refractivity contribution in [1.82, 2.24) is 0 Å². The van der Waals surface area contributed by atoms with Crippen molar-refractivity contribution in [3.05, 3.63) is 11.8 Å². The fourth-order valence-electron chi connectivity index (χ4n) is 0.907. The van der Waals surface area contributed by atoms with Crippen molar-refractivity contribution in [2.75, 3.05) is 33.7 Å². The van der Waals surface area contributed by atoms with Crippen molar-refractivity contribution in [2.24, 2.45) is 0 Å². The van der Waals surface area contributed by atoms with E-state index in [1.807, 2.05) is 0 Å². The maximum atomic E-state index is 5.28. The van der Waals surface area contributed by atoms with E-state index in [4.69, 9.17) is 14.2 Å². The Morgan fingerprint density at radius 3 is 2.27 bits per heavy atom. The lowest BCUT2D eigenvalue weighted by Crippen LogP contribution is -2.15. The van der Waals surface area contributed by atoms with Crippen LogP contribution in [-0.2, 0) is 14.2 Å². The van der Waals surface area contributed by atoms with Gasteiger partial charge in [0.1, 0.15) is 6.79 Å². The van der Waals surface area contributed by atoms with Gasteiger partial charge in [0.2, 0.25) is 0 Å². The topological polar surface area (TPSA) is 27.7 Å². The summed E-state index contributed by atoms with van der Waals surface area (Å²) in [5.74, 6) is 0. The molecule has 0 unspecified atom stereocenters. The number of methoxy groups -OCH3 is 1. The van der Waals surface area contributed by atoms with Gasteiger partial charge in [-0.3, -0.25) is 0 Å². The van der Waals surface area contributed by atoms with Gasteiger partial charge in [-0.1, -0.05) is 31.4 Å². The van der Waals surface area contributed by atoms with E-state index in [-0.39, 0.29) is 0 Å². The Morgan fingerprint density at radius 1 is 1.00 bits per heavy atom. The van der Waals surface area contributed by atoms with Crippen LogP contribution >= 0.6 is 0 Å². The highest BCUT2D eigenvalue weighted by Crippen LogP contribution is 2.02. The van der Waals surface area contributed by atoms with Gasteiger partial charge in [0.25, 0.3) is 0 Å². The molecule has 0 N–H and O–H groups in total. The Hall–Kier alpha value is -0.163. The minimum atomic E-state index is -1.03. The molecular formula is C11H24O3Si. The van der Waals surface area contributed by atoms with Crippen molar-refractivity contribution in [2.45, 2.75) is 26.1 Å². The normalized spacial score (nSPS) is 12.5. The molecule has 0 amide bonds. The van der Waals surface area contributed by atoms with Gasteiger partial charge in [-0.05, 0) is 6.42 Å². The second-order valence-corrected chi connectivity index (χ2v) is 9.55. The monoisotopic (exact) mass is 232 g/mol.